The minimum Gasteiger partial charge on any atom is -0.493 e. The summed E-state index contributed by atoms with van der Waals surface area (Å²) in [6, 6.07) is 6.89. The standard InChI is InChI=1S/C17H22N2O/c1-13-6-7-15-16(14(13)2)20-11-5-8-17(15,12-18)19-9-3-4-10-19/h6-7H,3-5,8-11H2,1-2H3. The van der Waals surface area contributed by atoms with E-state index in [4.69, 9.17) is 4.74 Å². The molecule has 3 rings (SSSR count). The van der Waals surface area contributed by atoms with Crippen LogP contribution in [0.1, 0.15) is 42.4 Å². The normalized spacial score (nSPS) is 26.4. The molecule has 0 aromatic heterocycles. The summed E-state index contributed by atoms with van der Waals surface area (Å²) in [5.41, 5.74) is 3.02. The third-order valence-electron chi connectivity index (χ3n) is 4.88. The van der Waals surface area contributed by atoms with Crippen LogP contribution >= 0.6 is 0 Å². The van der Waals surface area contributed by atoms with E-state index in [1.807, 2.05) is 0 Å². The molecule has 3 nitrogen and oxygen atoms in total. The van der Waals surface area contributed by atoms with Crippen LogP contribution in [0.3, 0.4) is 0 Å². The summed E-state index contributed by atoms with van der Waals surface area (Å²) in [6.45, 7) is 6.98. The maximum absolute atomic E-state index is 9.99. The van der Waals surface area contributed by atoms with E-state index >= 15 is 0 Å². The first kappa shape index (κ1) is 13.5. The van der Waals surface area contributed by atoms with Crippen molar-refractivity contribution in [2.75, 3.05) is 19.7 Å². The third-order valence-corrected chi connectivity index (χ3v) is 4.88. The molecular formula is C17H22N2O. The molecule has 0 N–H and O–H groups in total. The molecule has 0 saturated carbocycles. The van der Waals surface area contributed by atoms with Crippen LogP contribution in [-0.2, 0) is 5.54 Å². The molecule has 1 fully saturated rings. The summed E-state index contributed by atoms with van der Waals surface area (Å²) in [6.07, 6.45) is 4.21. The lowest BCUT2D eigenvalue weighted by atomic mass is 9.83. The number of ether oxygens (including phenoxy) is 1. The molecular weight excluding hydrogens is 248 g/mol. The van der Waals surface area contributed by atoms with Crippen LogP contribution in [0.5, 0.6) is 5.75 Å². The van der Waals surface area contributed by atoms with Gasteiger partial charge in [-0.2, -0.15) is 5.26 Å². The number of likely N-dealkylation sites (tertiary alicyclic amines) is 1. The van der Waals surface area contributed by atoms with Crippen molar-refractivity contribution in [1.29, 1.82) is 5.26 Å². The number of fused-ring (bicyclic) bond motifs is 1. The molecule has 2 aliphatic heterocycles. The van der Waals surface area contributed by atoms with Gasteiger partial charge in [0.05, 0.1) is 12.7 Å². The van der Waals surface area contributed by atoms with Gasteiger partial charge < -0.3 is 4.74 Å². The van der Waals surface area contributed by atoms with Gasteiger partial charge in [-0.25, -0.2) is 0 Å². The molecule has 1 aromatic carbocycles. The second kappa shape index (κ2) is 5.10. The van der Waals surface area contributed by atoms with Crippen molar-refractivity contribution in [2.45, 2.75) is 45.1 Å². The van der Waals surface area contributed by atoms with E-state index in [1.54, 1.807) is 0 Å². The Bertz CT molecular complexity index is 555. The van der Waals surface area contributed by atoms with Crippen LogP contribution in [0.25, 0.3) is 0 Å². The molecule has 20 heavy (non-hydrogen) atoms. The van der Waals surface area contributed by atoms with Gasteiger partial charge in [0.2, 0.25) is 0 Å². The number of aryl methyl sites for hydroxylation is 1. The summed E-state index contributed by atoms with van der Waals surface area (Å²) in [5.74, 6) is 0.955. The second-order valence-electron chi connectivity index (χ2n) is 6.00. The van der Waals surface area contributed by atoms with Gasteiger partial charge in [0.25, 0.3) is 0 Å². The van der Waals surface area contributed by atoms with Gasteiger partial charge >= 0.3 is 0 Å². The van der Waals surface area contributed by atoms with E-state index in [2.05, 4.69) is 36.9 Å². The van der Waals surface area contributed by atoms with Gasteiger partial charge in [0, 0.05) is 18.7 Å². The van der Waals surface area contributed by atoms with Gasteiger partial charge in [-0.05, 0) is 50.7 Å². The average molecular weight is 270 g/mol. The Morgan fingerprint density at radius 3 is 2.65 bits per heavy atom. The lowest BCUT2D eigenvalue weighted by Crippen LogP contribution is -2.43. The minimum atomic E-state index is -0.485. The highest BCUT2D eigenvalue weighted by Crippen LogP contribution is 2.44. The monoisotopic (exact) mass is 270 g/mol. The molecule has 0 spiro atoms. The average Bonchev–Trinajstić information content (AvgIpc) is 2.92. The van der Waals surface area contributed by atoms with E-state index in [1.165, 1.54) is 24.0 Å². The number of nitrogens with zero attached hydrogens (tertiary/aromatic N) is 2. The van der Waals surface area contributed by atoms with Crippen LogP contribution in [0.15, 0.2) is 12.1 Å². The van der Waals surface area contributed by atoms with Gasteiger partial charge in [0.15, 0.2) is 0 Å². The Balaban J connectivity index is 2.17. The fourth-order valence-electron chi connectivity index (χ4n) is 3.55. The summed E-state index contributed by atoms with van der Waals surface area (Å²) < 4.78 is 6.00. The van der Waals surface area contributed by atoms with Crippen molar-refractivity contribution < 1.29 is 4.74 Å². The van der Waals surface area contributed by atoms with Gasteiger partial charge in [-0.1, -0.05) is 12.1 Å². The highest BCUT2D eigenvalue weighted by Gasteiger charge is 2.43. The minimum absolute atomic E-state index is 0.485. The van der Waals surface area contributed by atoms with Crippen molar-refractivity contribution in [1.82, 2.24) is 4.90 Å². The fraction of sp³-hybridized carbons (Fsp3) is 0.588. The molecule has 1 unspecified atom stereocenters. The highest BCUT2D eigenvalue weighted by molar-refractivity contribution is 5.51. The zero-order chi connectivity index (χ0) is 14.2. The quantitative estimate of drug-likeness (QED) is 0.785. The topological polar surface area (TPSA) is 36.3 Å². The zero-order valence-electron chi connectivity index (χ0n) is 12.4. The Labute approximate surface area is 121 Å². The van der Waals surface area contributed by atoms with Crippen molar-refractivity contribution in [3.8, 4) is 11.8 Å². The van der Waals surface area contributed by atoms with Crippen LogP contribution in [0, 0.1) is 25.2 Å². The molecule has 0 radical (unpaired) electrons. The van der Waals surface area contributed by atoms with Crippen LogP contribution in [0.2, 0.25) is 0 Å². The van der Waals surface area contributed by atoms with E-state index < -0.39 is 5.54 Å². The van der Waals surface area contributed by atoms with Gasteiger partial charge in [-0.15, -0.1) is 0 Å². The van der Waals surface area contributed by atoms with Crippen LogP contribution in [0.4, 0.5) is 0 Å². The van der Waals surface area contributed by atoms with E-state index in [9.17, 15) is 5.26 Å². The molecule has 1 atom stereocenters. The maximum atomic E-state index is 9.99. The molecule has 1 saturated heterocycles. The lowest BCUT2D eigenvalue weighted by molar-refractivity contribution is 0.162. The molecule has 0 bridgehead atoms. The van der Waals surface area contributed by atoms with Crippen molar-refractivity contribution >= 4 is 0 Å². The maximum Gasteiger partial charge on any atom is 0.138 e. The molecule has 0 aliphatic carbocycles. The number of nitriles is 1. The first-order valence-corrected chi connectivity index (χ1v) is 7.59. The lowest BCUT2D eigenvalue weighted by Gasteiger charge is -2.36. The SMILES string of the molecule is Cc1ccc2c(c1C)OCCCC2(C#N)N1CCCC1. The highest BCUT2D eigenvalue weighted by atomic mass is 16.5. The molecule has 2 heterocycles. The predicted molar refractivity (Wildman–Crippen MR) is 78.7 cm³/mol. The van der Waals surface area contributed by atoms with Crippen molar-refractivity contribution in [3.63, 3.8) is 0 Å². The van der Waals surface area contributed by atoms with Crippen LogP contribution in [-0.4, -0.2) is 24.6 Å². The Morgan fingerprint density at radius 1 is 1.20 bits per heavy atom. The summed E-state index contributed by atoms with van der Waals surface area (Å²) >= 11 is 0. The van der Waals surface area contributed by atoms with Gasteiger partial charge in [0.1, 0.15) is 11.3 Å². The molecule has 2 aliphatic rings. The second-order valence-corrected chi connectivity index (χ2v) is 6.00. The van der Waals surface area contributed by atoms with E-state index in [0.29, 0.717) is 6.61 Å². The summed E-state index contributed by atoms with van der Waals surface area (Å²) in [5, 5.41) is 9.99. The summed E-state index contributed by atoms with van der Waals surface area (Å²) in [4.78, 5) is 2.37. The fourth-order valence-corrected chi connectivity index (χ4v) is 3.55. The van der Waals surface area contributed by atoms with E-state index in [0.717, 1.165) is 37.2 Å². The predicted octanol–water partition coefficient (Wildman–Crippen LogP) is 3.29. The molecule has 1 aromatic rings. The molecule has 106 valence electrons. The molecule has 3 heteroatoms. The third kappa shape index (κ3) is 1.91. The number of rotatable bonds is 1. The smallest absolute Gasteiger partial charge is 0.138 e. The first-order valence-electron chi connectivity index (χ1n) is 7.59. The van der Waals surface area contributed by atoms with E-state index in [-0.39, 0.29) is 0 Å². The number of hydrogen-bond donors (Lipinski definition) is 0. The Hall–Kier alpha value is -1.53. The van der Waals surface area contributed by atoms with Crippen LogP contribution < -0.4 is 4.74 Å². The number of benzene rings is 1. The Morgan fingerprint density at radius 2 is 1.95 bits per heavy atom. The largest absolute Gasteiger partial charge is 0.493 e. The summed E-state index contributed by atoms with van der Waals surface area (Å²) in [7, 11) is 0. The number of hydrogen-bond acceptors (Lipinski definition) is 3. The van der Waals surface area contributed by atoms with Crippen molar-refractivity contribution in [3.05, 3.63) is 28.8 Å². The van der Waals surface area contributed by atoms with Gasteiger partial charge in [-0.3, -0.25) is 4.90 Å². The Kier molecular flexibility index (Phi) is 3.43. The molecule has 0 amide bonds. The first-order chi connectivity index (χ1) is 9.69. The zero-order valence-corrected chi connectivity index (χ0v) is 12.4. The van der Waals surface area contributed by atoms with Crippen molar-refractivity contribution in [2.24, 2.45) is 0 Å².